The summed E-state index contributed by atoms with van der Waals surface area (Å²) in [5.74, 6) is -2.08. The molecule has 2 saturated heterocycles. The average molecular weight is 1040 g/mol. The van der Waals surface area contributed by atoms with Gasteiger partial charge in [-0.25, -0.2) is 52.4 Å². The van der Waals surface area contributed by atoms with E-state index < -0.39 is 81.6 Å². The molecular formula is C43H56ClF6N9O8S2. The second kappa shape index (κ2) is 23.6. The van der Waals surface area contributed by atoms with Gasteiger partial charge >= 0.3 is 6.03 Å². The van der Waals surface area contributed by atoms with E-state index >= 15 is 8.78 Å². The van der Waals surface area contributed by atoms with Crippen LogP contribution in [0.15, 0.2) is 58.8 Å². The maximum absolute atomic E-state index is 15.7. The topological polar surface area (TPSA) is 216 Å². The molecule has 6 rings (SSSR count). The van der Waals surface area contributed by atoms with Crippen LogP contribution in [0.2, 0.25) is 0 Å². The number of piperidine rings is 2. The summed E-state index contributed by atoms with van der Waals surface area (Å²) in [6, 6.07) is 5.84. The molecule has 69 heavy (non-hydrogen) atoms. The summed E-state index contributed by atoms with van der Waals surface area (Å²) in [5.41, 5.74) is -0.104. The van der Waals surface area contributed by atoms with Gasteiger partial charge in [-0.3, -0.25) is 33.7 Å². The zero-order chi connectivity index (χ0) is 51.1. The van der Waals surface area contributed by atoms with Gasteiger partial charge in [-0.15, -0.1) is 0 Å². The molecule has 17 nitrogen and oxygen atoms in total. The third kappa shape index (κ3) is 14.0. The number of ketones is 3. The monoisotopic (exact) mass is 1040 g/mol. The summed E-state index contributed by atoms with van der Waals surface area (Å²) in [6.45, 7) is 6.93. The number of nitrogens with one attached hydrogen (secondary N) is 1. The molecule has 2 amide bonds. The lowest BCUT2D eigenvalue weighted by Gasteiger charge is -2.37. The molecule has 0 aliphatic carbocycles. The van der Waals surface area contributed by atoms with Crippen LogP contribution in [-0.2, 0) is 45.0 Å². The highest BCUT2D eigenvalue weighted by Crippen LogP contribution is 2.43. The van der Waals surface area contributed by atoms with Crippen molar-refractivity contribution in [2.75, 3.05) is 31.5 Å². The Bertz CT molecular complexity index is 2690. The Morgan fingerprint density at radius 2 is 1.13 bits per heavy atom. The van der Waals surface area contributed by atoms with Gasteiger partial charge in [0.05, 0.1) is 0 Å². The molecule has 2 aliphatic heterocycles. The Balaban J connectivity index is 0.000000301. The highest BCUT2D eigenvalue weighted by molar-refractivity contribution is 7.93. The summed E-state index contributed by atoms with van der Waals surface area (Å²) < 4.78 is 138. The number of rotatable bonds is 13. The number of carbonyl (C=O) groups excluding carboxylic acids is 4. The molecule has 2 fully saturated rings. The SMILES string of the molecule is C.CC(=O)Cc1ccnc(C(C)=O)c1.CC(=O)c1cc(NC(=O)N2CCC([C@@](C)(F)S(=O)(=O)c3cn(C)nc3C(F)F)CC2)ccn1.Cn1cc(S(=O)(=O)[C@](C)(F)C2CCN(Cl)CC2)c(C(F)F)n1. The average Bonchev–Trinajstić information content (AvgIpc) is 3.88. The number of urea groups is 1. The summed E-state index contributed by atoms with van der Waals surface area (Å²) >= 11 is 5.78. The van der Waals surface area contributed by atoms with Crippen molar-refractivity contribution in [1.82, 2.24) is 38.8 Å². The molecule has 26 heteroatoms. The lowest BCUT2D eigenvalue weighted by atomic mass is 9.92. The maximum atomic E-state index is 15.7. The second-order valence-corrected chi connectivity index (χ2v) is 21.5. The standard InChI is InChI=1S/C20H24F3N5O4S.C12H17ClF3N3O2S.C10H11NO2.CH4/c1-12(29)15-10-14(4-7-24-15)25-19(30)28-8-5-13(6-9-28)20(2,23)33(31,32)16-11-27(3)26-17(16)18(21)22;1-12(16,8-3-5-19(13)6-4-8)22(20,21)9-7-18(2)17-10(9)11(14)15;1-7(12)5-9-3-4-11-10(6-9)8(2)13;/h4,7,10-11,13,18H,5-6,8-9H2,1-3H3,(H,24,25,30);7-8,11H,3-6H2,1-2H3;3-4,6H,5H2,1-2H3;1H4/t20-;12-;;/m00../s1. The molecule has 4 aromatic rings. The number of carbonyl (C=O) groups is 4. The number of nitrogens with zero attached hydrogens (tertiary/aromatic N) is 8. The molecule has 4 aromatic heterocycles. The van der Waals surface area contributed by atoms with Gasteiger partial charge in [0.1, 0.15) is 38.3 Å². The van der Waals surface area contributed by atoms with Gasteiger partial charge in [-0.2, -0.15) is 10.2 Å². The van der Waals surface area contributed by atoms with Crippen molar-refractivity contribution in [1.29, 1.82) is 0 Å². The van der Waals surface area contributed by atoms with Crippen molar-refractivity contribution in [2.24, 2.45) is 25.9 Å². The van der Waals surface area contributed by atoms with E-state index in [2.05, 4.69) is 25.5 Å². The van der Waals surface area contributed by atoms with Gasteiger partial charge < -0.3 is 10.2 Å². The number of hydrogen-bond acceptors (Lipinski definition) is 13. The van der Waals surface area contributed by atoms with Crippen molar-refractivity contribution < 1.29 is 62.4 Å². The van der Waals surface area contributed by atoms with Gasteiger partial charge in [-0.05, 0) is 88.1 Å². The third-order valence-electron chi connectivity index (χ3n) is 11.4. The number of alkyl halides is 6. The molecule has 0 aromatic carbocycles. The molecular weight excluding hydrogens is 984 g/mol. The predicted molar refractivity (Wildman–Crippen MR) is 243 cm³/mol. The second-order valence-electron chi connectivity index (χ2n) is 16.5. The molecule has 382 valence electrons. The van der Waals surface area contributed by atoms with Crippen molar-refractivity contribution in [3.8, 4) is 0 Å². The van der Waals surface area contributed by atoms with E-state index in [1.54, 1.807) is 18.3 Å². The predicted octanol–water partition coefficient (Wildman–Crippen LogP) is 8.09. The molecule has 0 bridgehead atoms. The Labute approximate surface area is 401 Å². The normalized spacial score (nSPS) is 16.8. The number of anilines is 1. The van der Waals surface area contributed by atoms with Crippen LogP contribution in [0.25, 0.3) is 0 Å². The van der Waals surface area contributed by atoms with Gasteiger partial charge in [0.25, 0.3) is 12.9 Å². The van der Waals surface area contributed by atoms with Gasteiger partial charge in [0, 0.05) is 103 Å². The van der Waals surface area contributed by atoms with E-state index in [1.165, 1.54) is 62.5 Å². The van der Waals surface area contributed by atoms with Gasteiger partial charge in [-0.1, -0.05) is 7.43 Å². The lowest BCUT2D eigenvalue weighted by Crippen LogP contribution is -2.48. The fourth-order valence-corrected chi connectivity index (χ4v) is 11.3. The van der Waals surface area contributed by atoms with Crippen LogP contribution in [0, 0.1) is 11.8 Å². The molecule has 2 atom stereocenters. The third-order valence-corrected chi connectivity index (χ3v) is 16.3. The first-order valence-corrected chi connectivity index (χ1v) is 24.2. The Hall–Kier alpha value is -5.27. The molecule has 0 spiro atoms. The molecule has 0 radical (unpaired) electrons. The van der Waals surface area contributed by atoms with Crippen LogP contribution in [0.1, 0.15) is 119 Å². The highest BCUT2D eigenvalue weighted by Gasteiger charge is 2.52. The van der Waals surface area contributed by atoms with Crippen LogP contribution in [-0.4, -0.2) is 115 Å². The summed E-state index contributed by atoms with van der Waals surface area (Å²) in [6.07, 6.45) is -0.674. The number of sulfone groups is 2. The molecule has 6 heterocycles. The van der Waals surface area contributed by atoms with Crippen molar-refractivity contribution in [3.63, 3.8) is 0 Å². The number of hydrogen-bond donors (Lipinski definition) is 1. The smallest absolute Gasteiger partial charge is 0.321 e. The van der Waals surface area contributed by atoms with E-state index in [1.807, 2.05) is 0 Å². The Morgan fingerprint density at radius 1 is 0.725 bits per heavy atom. The first kappa shape index (κ1) is 58.0. The quantitative estimate of drug-likeness (QED) is 0.0762. The maximum Gasteiger partial charge on any atom is 0.321 e. The minimum absolute atomic E-state index is 0. The summed E-state index contributed by atoms with van der Waals surface area (Å²) in [7, 11) is -6.79. The Kier molecular flexibility index (Phi) is 19.8. The lowest BCUT2D eigenvalue weighted by molar-refractivity contribution is -0.116. The molecule has 0 unspecified atom stereocenters. The number of aromatic nitrogens is 6. The van der Waals surface area contributed by atoms with Crippen molar-refractivity contribution >= 4 is 60.5 Å². The summed E-state index contributed by atoms with van der Waals surface area (Å²) in [5, 5.41) is 4.04. The highest BCUT2D eigenvalue weighted by atomic mass is 35.5. The van der Waals surface area contributed by atoms with Crippen LogP contribution < -0.4 is 5.32 Å². The van der Waals surface area contributed by atoms with Crippen molar-refractivity contribution in [2.45, 2.75) is 107 Å². The van der Waals surface area contributed by atoms with E-state index in [-0.39, 0.29) is 69.2 Å². The van der Waals surface area contributed by atoms with Crippen molar-refractivity contribution in [3.05, 3.63) is 77.4 Å². The van der Waals surface area contributed by atoms with E-state index in [4.69, 9.17) is 11.8 Å². The van der Waals surface area contributed by atoms with Gasteiger partial charge in [0.15, 0.2) is 11.6 Å². The van der Waals surface area contributed by atoms with E-state index in [0.29, 0.717) is 30.9 Å². The van der Waals surface area contributed by atoms with Crippen LogP contribution in [0.4, 0.5) is 36.8 Å². The zero-order valence-electron chi connectivity index (χ0n) is 38.1. The number of halogens is 7. The fraction of sp³-hybridized carbons (Fsp3) is 0.535. The van der Waals surface area contributed by atoms with Crippen LogP contribution in [0.3, 0.4) is 0 Å². The first-order valence-electron chi connectivity index (χ1n) is 20.9. The first-order chi connectivity index (χ1) is 31.5. The molecule has 0 saturated carbocycles. The minimum Gasteiger partial charge on any atom is -0.325 e. The van der Waals surface area contributed by atoms with E-state index in [9.17, 15) is 53.6 Å². The zero-order valence-corrected chi connectivity index (χ0v) is 40.5. The number of Topliss-reactive ketones (excluding diaryl/α,β-unsaturated/α-hetero) is 3. The number of amides is 2. The largest absolute Gasteiger partial charge is 0.325 e. The van der Waals surface area contributed by atoms with Crippen LogP contribution >= 0.6 is 11.8 Å². The minimum atomic E-state index is -4.78. The molecule has 2 aliphatic rings. The fourth-order valence-electron chi connectivity index (χ4n) is 7.48. The molecule has 1 N–H and O–H groups in total. The van der Waals surface area contributed by atoms with Gasteiger partial charge in [0.2, 0.25) is 29.7 Å². The number of pyridine rings is 2. The Morgan fingerprint density at radius 3 is 1.54 bits per heavy atom. The summed E-state index contributed by atoms with van der Waals surface area (Å²) in [4.78, 5) is 53.3. The number of aryl methyl sites for hydroxylation is 2. The van der Waals surface area contributed by atoms with Crippen LogP contribution in [0.5, 0.6) is 0 Å². The number of likely N-dealkylation sites (tertiary alicyclic amines) is 1. The van der Waals surface area contributed by atoms with E-state index in [0.717, 1.165) is 41.2 Å².